The van der Waals surface area contributed by atoms with Crippen molar-refractivity contribution in [2.45, 2.75) is 25.7 Å². The van der Waals surface area contributed by atoms with E-state index in [1.807, 2.05) is 6.92 Å². The zero-order valence-electron chi connectivity index (χ0n) is 13.2. The van der Waals surface area contributed by atoms with Gasteiger partial charge in [0, 0.05) is 37.8 Å². The third-order valence-corrected chi connectivity index (χ3v) is 3.77. The standard InChI is InChI=1S/C15H21F3N2O2.ClH/c1-3-13(20-8-6-19-7-9-20)12-10-11(22-15(16,17)18)4-5-14(12)21-2;/h4-5,10,13,19H,3,6-9H2,1-2H3;1H/t13-;/m1./s1. The van der Waals surface area contributed by atoms with Crippen LogP contribution in [0.15, 0.2) is 18.2 Å². The zero-order valence-corrected chi connectivity index (χ0v) is 14.0. The van der Waals surface area contributed by atoms with E-state index in [4.69, 9.17) is 4.74 Å². The van der Waals surface area contributed by atoms with Gasteiger partial charge in [-0.05, 0) is 24.6 Å². The zero-order chi connectivity index (χ0) is 16.2. The maximum atomic E-state index is 12.4. The SMILES string of the molecule is CC[C@H](c1cc(OC(F)(F)F)ccc1OC)N1CCNCC1.Cl. The molecule has 1 fully saturated rings. The Labute approximate surface area is 140 Å². The average molecular weight is 355 g/mol. The molecule has 1 aliphatic rings. The largest absolute Gasteiger partial charge is 0.573 e. The Morgan fingerprint density at radius 2 is 1.91 bits per heavy atom. The lowest BCUT2D eigenvalue weighted by Gasteiger charge is -2.35. The second-order valence-corrected chi connectivity index (χ2v) is 5.16. The number of methoxy groups -OCH3 is 1. The molecule has 0 unspecified atom stereocenters. The topological polar surface area (TPSA) is 33.7 Å². The second kappa shape index (κ2) is 8.61. The molecule has 132 valence electrons. The first kappa shape index (κ1) is 19.9. The van der Waals surface area contributed by atoms with Crippen molar-refractivity contribution in [2.75, 3.05) is 33.3 Å². The van der Waals surface area contributed by atoms with Crippen LogP contribution in [0.1, 0.15) is 24.9 Å². The van der Waals surface area contributed by atoms with E-state index >= 15 is 0 Å². The van der Waals surface area contributed by atoms with Crippen LogP contribution in [-0.4, -0.2) is 44.6 Å². The van der Waals surface area contributed by atoms with Crippen LogP contribution in [0.25, 0.3) is 0 Å². The van der Waals surface area contributed by atoms with Gasteiger partial charge in [0.15, 0.2) is 0 Å². The molecule has 1 N–H and O–H groups in total. The summed E-state index contributed by atoms with van der Waals surface area (Å²) in [6.45, 7) is 5.47. The summed E-state index contributed by atoms with van der Waals surface area (Å²) < 4.78 is 46.6. The molecular formula is C15H22ClF3N2O2. The van der Waals surface area contributed by atoms with Crippen LogP contribution in [-0.2, 0) is 0 Å². The van der Waals surface area contributed by atoms with Crippen molar-refractivity contribution in [1.29, 1.82) is 0 Å². The molecule has 1 heterocycles. The number of benzene rings is 1. The first-order valence-corrected chi connectivity index (χ1v) is 7.33. The van der Waals surface area contributed by atoms with Gasteiger partial charge < -0.3 is 14.8 Å². The number of rotatable bonds is 5. The lowest BCUT2D eigenvalue weighted by Crippen LogP contribution is -2.45. The van der Waals surface area contributed by atoms with Crippen molar-refractivity contribution < 1.29 is 22.6 Å². The highest BCUT2D eigenvalue weighted by atomic mass is 35.5. The van der Waals surface area contributed by atoms with Crippen LogP contribution < -0.4 is 14.8 Å². The van der Waals surface area contributed by atoms with E-state index in [2.05, 4.69) is 15.0 Å². The molecule has 0 aliphatic carbocycles. The van der Waals surface area contributed by atoms with Crippen LogP contribution >= 0.6 is 12.4 Å². The molecule has 1 aromatic rings. The van der Waals surface area contributed by atoms with Gasteiger partial charge >= 0.3 is 6.36 Å². The van der Waals surface area contributed by atoms with Crippen LogP contribution in [0.2, 0.25) is 0 Å². The number of nitrogens with one attached hydrogen (secondary N) is 1. The number of halogens is 4. The Morgan fingerprint density at radius 3 is 2.43 bits per heavy atom. The van der Waals surface area contributed by atoms with Gasteiger partial charge in [-0.25, -0.2) is 0 Å². The van der Waals surface area contributed by atoms with E-state index in [9.17, 15) is 13.2 Å². The number of hydrogen-bond donors (Lipinski definition) is 1. The highest BCUT2D eigenvalue weighted by Crippen LogP contribution is 2.36. The number of piperazine rings is 1. The van der Waals surface area contributed by atoms with Crippen molar-refractivity contribution in [3.8, 4) is 11.5 Å². The van der Waals surface area contributed by atoms with Crippen molar-refractivity contribution in [3.05, 3.63) is 23.8 Å². The summed E-state index contributed by atoms with van der Waals surface area (Å²) in [5, 5.41) is 3.27. The molecule has 0 spiro atoms. The smallest absolute Gasteiger partial charge is 0.496 e. The molecule has 23 heavy (non-hydrogen) atoms. The van der Waals surface area contributed by atoms with E-state index in [-0.39, 0.29) is 24.2 Å². The van der Waals surface area contributed by atoms with Crippen LogP contribution in [0.3, 0.4) is 0 Å². The van der Waals surface area contributed by atoms with Crippen molar-refractivity contribution in [1.82, 2.24) is 10.2 Å². The molecule has 1 saturated heterocycles. The van der Waals surface area contributed by atoms with Gasteiger partial charge in [0.2, 0.25) is 0 Å². The lowest BCUT2D eigenvalue weighted by molar-refractivity contribution is -0.274. The molecule has 1 atom stereocenters. The van der Waals surface area contributed by atoms with Gasteiger partial charge in [-0.2, -0.15) is 0 Å². The molecule has 0 saturated carbocycles. The molecule has 0 bridgehead atoms. The molecule has 1 aliphatic heterocycles. The first-order chi connectivity index (χ1) is 10.4. The number of nitrogens with zero attached hydrogens (tertiary/aromatic N) is 1. The van der Waals surface area contributed by atoms with Crippen LogP contribution in [0.4, 0.5) is 13.2 Å². The Morgan fingerprint density at radius 1 is 1.26 bits per heavy atom. The summed E-state index contributed by atoms with van der Waals surface area (Å²) >= 11 is 0. The van der Waals surface area contributed by atoms with Crippen molar-refractivity contribution in [2.24, 2.45) is 0 Å². The summed E-state index contributed by atoms with van der Waals surface area (Å²) in [5.41, 5.74) is 0.730. The number of hydrogen-bond acceptors (Lipinski definition) is 4. The maximum Gasteiger partial charge on any atom is 0.573 e. The molecule has 8 heteroatoms. The van der Waals surface area contributed by atoms with Crippen molar-refractivity contribution in [3.63, 3.8) is 0 Å². The van der Waals surface area contributed by atoms with Crippen LogP contribution in [0, 0.1) is 0 Å². The summed E-state index contributed by atoms with van der Waals surface area (Å²) in [7, 11) is 1.52. The normalized spacial score (nSPS) is 17.3. The monoisotopic (exact) mass is 354 g/mol. The number of ether oxygens (including phenoxy) is 2. The van der Waals surface area contributed by atoms with E-state index in [0.717, 1.165) is 38.2 Å². The summed E-state index contributed by atoms with van der Waals surface area (Å²) in [5.74, 6) is 0.372. The second-order valence-electron chi connectivity index (χ2n) is 5.16. The highest BCUT2D eigenvalue weighted by Gasteiger charge is 2.32. The Balaban J connectivity index is 0.00000264. The minimum absolute atomic E-state index is 0. The Bertz CT molecular complexity index is 494. The molecular weight excluding hydrogens is 333 g/mol. The quantitative estimate of drug-likeness (QED) is 0.879. The number of alkyl halides is 3. The maximum absolute atomic E-state index is 12.4. The van der Waals surface area contributed by atoms with E-state index in [0.29, 0.717) is 5.75 Å². The lowest BCUT2D eigenvalue weighted by atomic mass is 10.0. The molecule has 4 nitrogen and oxygen atoms in total. The van der Waals surface area contributed by atoms with Gasteiger partial charge in [-0.3, -0.25) is 4.90 Å². The fourth-order valence-electron chi connectivity index (χ4n) is 2.84. The minimum atomic E-state index is -4.69. The summed E-state index contributed by atoms with van der Waals surface area (Å²) in [4.78, 5) is 2.26. The average Bonchev–Trinajstić information content (AvgIpc) is 2.48. The summed E-state index contributed by atoms with van der Waals surface area (Å²) in [6, 6.07) is 4.25. The Kier molecular flexibility index (Phi) is 7.44. The third kappa shape index (κ3) is 5.44. The van der Waals surface area contributed by atoms with Gasteiger partial charge in [0.25, 0.3) is 0 Å². The molecule has 1 aromatic carbocycles. The van der Waals surface area contributed by atoms with E-state index in [1.54, 1.807) is 0 Å². The summed E-state index contributed by atoms with van der Waals surface area (Å²) in [6.07, 6.45) is -3.91. The Hall–Kier alpha value is -1.18. The minimum Gasteiger partial charge on any atom is -0.496 e. The van der Waals surface area contributed by atoms with Gasteiger partial charge in [0.05, 0.1) is 7.11 Å². The fourth-order valence-corrected chi connectivity index (χ4v) is 2.84. The molecule has 0 amide bonds. The van der Waals surface area contributed by atoms with Gasteiger partial charge in [-0.1, -0.05) is 6.92 Å². The van der Waals surface area contributed by atoms with E-state index in [1.165, 1.54) is 25.3 Å². The van der Waals surface area contributed by atoms with Gasteiger partial charge in [-0.15, -0.1) is 25.6 Å². The first-order valence-electron chi connectivity index (χ1n) is 7.33. The van der Waals surface area contributed by atoms with Crippen molar-refractivity contribution >= 4 is 12.4 Å². The molecule has 0 radical (unpaired) electrons. The molecule has 0 aromatic heterocycles. The molecule has 2 rings (SSSR count). The third-order valence-electron chi connectivity index (χ3n) is 3.77. The predicted molar refractivity (Wildman–Crippen MR) is 84.4 cm³/mol. The fraction of sp³-hybridized carbons (Fsp3) is 0.600. The highest BCUT2D eigenvalue weighted by molar-refractivity contribution is 5.85. The van der Waals surface area contributed by atoms with Gasteiger partial charge in [0.1, 0.15) is 11.5 Å². The van der Waals surface area contributed by atoms with E-state index < -0.39 is 6.36 Å². The van der Waals surface area contributed by atoms with Crippen LogP contribution in [0.5, 0.6) is 11.5 Å². The predicted octanol–water partition coefficient (Wildman–Crippen LogP) is 3.37.